The minimum absolute atomic E-state index is 0.237. The summed E-state index contributed by atoms with van der Waals surface area (Å²) in [5.74, 6) is -1.54. The number of hydrogen-bond acceptors (Lipinski definition) is 3. The topological polar surface area (TPSA) is 89.3 Å². The van der Waals surface area contributed by atoms with Crippen LogP contribution in [0.2, 0.25) is 0 Å². The zero-order valence-electron chi connectivity index (χ0n) is 7.40. The van der Waals surface area contributed by atoms with E-state index in [9.17, 15) is 9.18 Å². The second-order valence-electron chi connectivity index (χ2n) is 3.02. The first-order chi connectivity index (χ1) is 6.49. The monoisotopic (exact) mass is 198 g/mol. The highest BCUT2D eigenvalue weighted by molar-refractivity contribution is 5.68. The molecular weight excluding hydrogens is 187 g/mol. The zero-order valence-corrected chi connectivity index (χ0v) is 7.40. The second kappa shape index (κ2) is 4.06. The molecule has 4 nitrogen and oxygen atoms in total. The third-order valence-corrected chi connectivity index (χ3v) is 1.77. The van der Waals surface area contributed by atoms with Gasteiger partial charge in [0.15, 0.2) is 0 Å². The summed E-state index contributed by atoms with van der Waals surface area (Å²) >= 11 is 0. The van der Waals surface area contributed by atoms with E-state index in [1.807, 2.05) is 0 Å². The van der Waals surface area contributed by atoms with E-state index < -0.39 is 17.8 Å². The summed E-state index contributed by atoms with van der Waals surface area (Å²) in [4.78, 5) is 10.3. The molecule has 5 N–H and O–H groups in total. The molecule has 0 aliphatic heterocycles. The Balaban J connectivity index is 2.89. The van der Waals surface area contributed by atoms with Crippen molar-refractivity contribution in [3.05, 3.63) is 29.6 Å². The average molecular weight is 198 g/mol. The first kappa shape index (κ1) is 10.5. The fraction of sp³-hybridized carbons (Fsp3) is 0.222. The fourth-order valence-electron chi connectivity index (χ4n) is 1.16. The first-order valence-electron chi connectivity index (χ1n) is 4.02. The molecule has 5 heteroatoms. The van der Waals surface area contributed by atoms with E-state index in [4.69, 9.17) is 16.6 Å². The van der Waals surface area contributed by atoms with Gasteiger partial charge in [-0.05, 0) is 23.8 Å². The quantitative estimate of drug-likeness (QED) is 0.629. The van der Waals surface area contributed by atoms with Gasteiger partial charge in [0, 0.05) is 11.7 Å². The Bertz CT molecular complexity index is 334. The van der Waals surface area contributed by atoms with Gasteiger partial charge in [0.05, 0.1) is 6.42 Å². The molecular formula is C9H11FN2O2. The van der Waals surface area contributed by atoms with Crippen molar-refractivity contribution in [1.82, 2.24) is 0 Å². The van der Waals surface area contributed by atoms with Crippen LogP contribution in [0.25, 0.3) is 0 Å². The number of nitrogens with two attached hydrogens (primary N) is 2. The Labute approximate surface area is 80.3 Å². The van der Waals surface area contributed by atoms with E-state index >= 15 is 0 Å². The standard InChI is InChI=1S/C9H11FN2O2/c10-6-1-5(2-7(11)3-6)8(12)4-9(13)14/h1-3,8H,4,11-12H2,(H,13,14)/t8-/m1/s1. The maximum Gasteiger partial charge on any atom is 0.305 e. The van der Waals surface area contributed by atoms with Gasteiger partial charge in [-0.1, -0.05) is 0 Å². The number of benzene rings is 1. The van der Waals surface area contributed by atoms with Crippen LogP contribution in [0, 0.1) is 5.82 Å². The predicted octanol–water partition coefficient (Wildman–Crippen LogP) is 0.882. The lowest BCUT2D eigenvalue weighted by Gasteiger charge is -2.09. The average Bonchev–Trinajstić information content (AvgIpc) is 2.00. The maximum absolute atomic E-state index is 12.8. The molecule has 0 amide bonds. The van der Waals surface area contributed by atoms with Gasteiger partial charge in [0.2, 0.25) is 0 Å². The Morgan fingerprint density at radius 2 is 2.14 bits per heavy atom. The molecule has 0 bridgehead atoms. The first-order valence-corrected chi connectivity index (χ1v) is 4.02. The van der Waals surface area contributed by atoms with Crippen LogP contribution in [-0.2, 0) is 4.79 Å². The number of halogens is 1. The lowest BCUT2D eigenvalue weighted by Crippen LogP contribution is -2.15. The number of nitrogen functional groups attached to an aromatic ring is 1. The number of carboxylic acid groups (broad SMARTS) is 1. The van der Waals surface area contributed by atoms with Gasteiger partial charge in [-0.2, -0.15) is 0 Å². The largest absolute Gasteiger partial charge is 0.481 e. The number of hydrogen-bond donors (Lipinski definition) is 3. The molecule has 0 aliphatic rings. The van der Waals surface area contributed by atoms with Crippen molar-refractivity contribution in [2.24, 2.45) is 5.73 Å². The van der Waals surface area contributed by atoms with Crippen molar-refractivity contribution in [2.75, 3.05) is 5.73 Å². The van der Waals surface area contributed by atoms with Crippen molar-refractivity contribution in [2.45, 2.75) is 12.5 Å². The highest BCUT2D eigenvalue weighted by Crippen LogP contribution is 2.18. The summed E-state index contributed by atoms with van der Waals surface area (Å²) in [5, 5.41) is 8.48. The summed E-state index contributed by atoms with van der Waals surface area (Å²) in [6.45, 7) is 0. The van der Waals surface area contributed by atoms with Gasteiger partial charge < -0.3 is 16.6 Å². The molecule has 14 heavy (non-hydrogen) atoms. The van der Waals surface area contributed by atoms with Crippen LogP contribution in [0.5, 0.6) is 0 Å². The summed E-state index contributed by atoms with van der Waals surface area (Å²) in [6.07, 6.45) is -0.247. The summed E-state index contributed by atoms with van der Waals surface area (Å²) in [7, 11) is 0. The molecule has 1 rings (SSSR count). The van der Waals surface area contributed by atoms with Crippen molar-refractivity contribution in [3.8, 4) is 0 Å². The maximum atomic E-state index is 12.8. The van der Waals surface area contributed by atoms with E-state index in [0.717, 1.165) is 6.07 Å². The van der Waals surface area contributed by atoms with Crippen LogP contribution in [0.15, 0.2) is 18.2 Å². The fourth-order valence-corrected chi connectivity index (χ4v) is 1.16. The lowest BCUT2D eigenvalue weighted by atomic mass is 10.0. The van der Waals surface area contributed by atoms with Crippen molar-refractivity contribution in [3.63, 3.8) is 0 Å². The molecule has 0 aliphatic carbocycles. The minimum Gasteiger partial charge on any atom is -0.481 e. The van der Waals surface area contributed by atoms with Gasteiger partial charge in [-0.3, -0.25) is 4.79 Å². The molecule has 1 aromatic carbocycles. The van der Waals surface area contributed by atoms with Gasteiger partial charge in [-0.15, -0.1) is 0 Å². The van der Waals surface area contributed by atoms with Gasteiger partial charge in [0.25, 0.3) is 0 Å². The molecule has 0 saturated carbocycles. The predicted molar refractivity (Wildman–Crippen MR) is 50.0 cm³/mol. The third-order valence-electron chi connectivity index (χ3n) is 1.77. The van der Waals surface area contributed by atoms with Crippen molar-refractivity contribution in [1.29, 1.82) is 0 Å². The lowest BCUT2D eigenvalue weighted by molar-refractivity contribution is -0.137. The highest BCUT2D eigenvalue weighted by atomic mass is 19.1. The minimum atomic E-state index is -1.03. The Morgan fingerprint density at radius 3 is 2.64 bits per heavy atom. The molecule has 1 aromatic rings. The van der Waals surface area contributed by atoms with Gasteiger partial charge in [-0.25, -0.2) is 4.39 Å². The summed E-state index contributed by atoms with van der Waals surface area (Å²) in [5.41, 5.74) is 11.5. The molecule has 0 unspecified atom stereocenters. The van der Waals surface area contributed by atoms with Crippen LogP contribution in [0.4, 0.5) is 10.1 Å². The molecule has 0 fully saturated rings. The SMILES string of the molecule is Nc1cc(F)cc([C@H](N)CC(=O)O)c1. The van der Waals surface area contributed by atoms with Gasteiger partial charge >= 0.3 is 5.97 Å². The van der Waals surface area contributed by atoms with Crippen molar-refractivity contribution < 1.29 is 14.3 Å². The number of rotatable bonds is 3. The summed E-state index contributed by atoms with van der Waals surface area (Å²) < 4.78 is 12.8. The number of anilines is 1. The Hall–Kier alpha value is -1.62. The molecule has 0 aromatic heterocycles. The molecule has 0 heterocycles. The third kappa shape index (κ3) is 2.70. The number of aliphatic carboxylic acids is 1. The van der Waals surface area contributed by atoms with Crippen molar-refractivity contribution >= 4 is 11.7 Å². The van der Waals surface area contributed by atoms with Crippen LogP contribution in [0.3, 0.4) is 0 Å². The van der Waals surface area contributed by atoms with E-state index in [2.05, 4.69) is 0 Å². The molecule has 0 saturated heterocycles. The normalized spacial score (nSPS) is 12.4. The van der Waals surface area contributed by atoms with E-state index in [1.54, 1.807) is 0 Å². The Kier molecular flexibility index (Phi) is 3.03. The van der Waals surface area contributed by atoms with E-state index in [0.29, 0.717) is 5.56 Å². The zero-order chi connectivity index (χ0) is 10.7. The van der Waals surface area contributed by atoms with Crippen LogP contribution >= 0.6 is 0 Å². The van der Waals surface area contributed by atoms with Gasteiger partial charge in [0.1, 0.15) is 5.82 Å². The van der Waals surface area contributed by atoms with Crippen LogP contribution in [0.1, 0.15) is 18.0 Å². The number of carboxylic acids is 1. The van der Waals surface area contributed by atoms with Crippen LogP contribution in [-0.4, -0.2) is 11.1 Å². The van der Waals surface area contributed by atoms with Crippen LogP contribution < -0.4 is 11.5 Å². The summed E-state index contributed by atoms with van der Waals surface area (Å²) in [6, 6.07) is 3.07. The van der Waals surface area contributed by atoms with E-state index in [1.165, 1.54) is 12.1 Å². The molecule has 0 radical (unpaired) electrons. The Morgan fingerprint density at radius 1 is 1.50 bits per heavy atom. The molecule has 0 spiro atoms. The smallest absolute Gasteiger partial charge is 0.305 e. The van der Waals surface area contributed by atoms with E-state index in [-0.39, 0.29) is 12.1 Å². The second-order valence-corrected chi connectivity index (χ2v) is 3.02. The molecule has 76 valence electrons. The molecule has 1 atom stereocenters. The number of carbonyl (C=O) groups is 1. The highest BCUT2D eigenvalue weighted by Gasteiger charge is 2.11.